The van der Waals surface area contributed by atoms with Gasteiger partial charge in [0, 0.05) is 43.7 Å². The number of nitrogens with zero attached hydrogens (tertiary/aromatic N) is 2. The minimum absolute atomic E-state index is 0.0948. The Kier molecular flexibility index (Phi) is 4.67. The third-order valence-electron chi connectivity index (χ3n) is 5.82. The number of fused-ring (bicyclic) bond motifs is 1. The summed E-state index contributed by atoms with van der Waals surface area (Å²) in [7, 11) is 1.97. The van der Waals surface area contributed by atoms with Crippen LogP contribution in [-0.2, 0) is 0 Å². The Balaban J connectivity index is 1.48. The molecule has 2 aliphatic rings. The minimum Gasteiger partial charge on any atom is -0.351 e. The summed E-state index contributed by atoms with van der Waals surface area (Å²) in [6, 6.07) is 12.9. The molecule has 6 nitrogen and oxygen atoms in total. The van der Waals surface area contributed by atoms with Crippen LogP contribution in [0, 0.1) is 6.92 Å². The van der Waals surface area contributed by atoms with Crippen molar-refractivity contribution in [3.05, 3.63) is 58.6 Å². The molecule has 2 N–H and O–H groups in total. The second-order valence-electron chi connectivity index (χ2n) is 7.44. The van der Waals surface area contributed by atoms with Crippen LogP contribution in [0.2, 0.25) is 5.02 Å². The van der Waals surface area contributed by atoms with E-state index in [1.165, 1.54) is 0 Å². The lowest BCUT2D eigenvalue weighted by molar-refractivity contribution is 0.0815. The van der Waals surface area contributed by atoms with Gasteiger partial charge in [0.25, 0.3) is 5.91 Å². The van der Waals surface area contributed by atoms with E-state index in [9.17, 15) is 9.59 Å². The highest BCUT2D eigenvalue weighted by Crippen LogP contribution is 2.37. The van der Waals surface area contributed by atoms with Crippen molar-refractivity contribution in [2.75, 3.05) is 30.4 Å². The standard InChI is InChI=1S/C21H23ClN4O2/c1-14-5-3-4-6-17(14)23-20(28)26-11-9-21(10-12-26)24-19(27)16-8-7-15(22)13-18(16)25(21)2/h3-8,13H,9-12H2,1-2H3,(H,23,28)(H,24,27). The third-order valence-corrected chi connectivity index (χ3v) is 6.05. The maximum Gasteiger partial charge on any atom is 0.321 e. The summed E-state index contributed by atoms with van der Waals surface area (Å²) in [6.45, 7) is 3.08. The van der Waals surface area contributed by atoms with Gasteiger partial charge in [-0.25, -0.2) is 4.79 Å². The monoisotopic (exact) mass is 398 g/mol. The average molecular weight is 399 g/mol. The highest BCUT2D eigenvalue weighted by atomic mass is 35.5. The number of para-hydroxylation sites is 1. The fourth-order valence-electron chi connectivity index (χ4n) is 4.01. The predicted octanol–water partition coefficient (Wildman–Crippen LogP) is 3.85. The molecule has 1 spiro atoms. The Hall–Kier alpha value is -2.73. The van der Waals surface area contributed by atoms with E-state index in [1.807, 2.05) is 44.3 Å². The van der Waals surface area contributed by atoms with Crippen LogP contribution in [0.15, 0.2) is 42.5 Å². The Morgan fingerprint density at radius 2 is 1.89 bits per heavy atom. The van der Waals surface area contributed by atoms with Crippen molar-refractivity contribution in [1.29, 1.82) is 0 Å². The zero-order valence-electron chi connectivity index (χ0n) is 16.0. The zero-order chi connectivity index (χ0) is 19.9. The fourth-order valence-corrected chi connectivity index (χ4v) is 4.18. The van der Waals surface area contributed by atoms with Crippen LogP contribution in [0.25, 0.3) is 0 Å². The molecule has 1 saturated heterocycles. The number of carbonyl (C=O) groups excluding carboxylic acids is 2. The number of nitrogens with one attached hydrogen (secondary N) is 2. The number of piperidine rings is 1. The van der Waals surface area contributed by atoms with Gasteiger partial charge in [-0.15, -0.1) is 0 Å². The number of hydrogen-bond acceptors (Lipinski definition) is 3. The molecule has 1 fully saturated rings. The van der Waals surface area contributed by atoms with E-state index >= 15 is 0 Å². The molecule has 28 heavy (non-hydrogen) atoms. The van der Waals surface area contributed by atoms with E-state index in [4.69, 9.17) is 11.6 Å². The first kappa shape index (κ1) is 18.6. The van der Waals surface area contributed by atoms with Gasteiger partial charge < -0.3 is 20.4 Å². The van der Waals surface area contributed by atoms with Crippen molar-refractivity contribution in [2.45, 2.75) is 25.4 Å². The molecule has 0 aromatic heterocycles. The lowest BCUT2D eigenvalue weighted by atomic mass is 9.90. The maximum atomic E-state index is 12.7. The van der Waals surface area contributed by atoms with Gasteiger partial charge in [0.15, 0.2) is 0 Å². The second kappa shape index (κ2) is 7.02. The van der Waals surface area contributed by atoms with Gasteiger partial charge in [-0.2, -0.15) is 0 Å². The largest absolute Gasteiger partial charge is 0.351 e. The molecule has 0 aliphatic carbocycles. The van der Waals surface area contributed by atoms with E-state index < -0.39 is 5.66 Å². The number of likely N-dealkylation sites (tertiary alicyclic amines) is 1. The Morgan fingerprint density at radius 1 is 1.18 bits per heavy atom. The maximum absolute atomic E-state index is 12.7. The summed E-state index contributed by atoms with van der Waals surface area (Å²) in [5.74, 6) is -0.0948. The molecule has 146 valence electrons. The highest BCUT2D eigenvalue weighted by Gasteiger charge is 2.44. The third kappa shape index (κ3) is 3.18. The van der Waals surface area contributed by atoms with Gasteiger partial charge in [-0.05, 0) is 36.8 Å². The van der Waals surface area contributed by atoms with Gasteiger partial charge in [-0.3, -0.25) is 4.79 Å². The van der Waals surface area contributed by atoms with E-state index in [1.54, 1.807) is 17.0 Å². The number of hydrogen-bond donors (Lipinski definition) is 2. The van der Waals surface area contributed by atoms with Crippen molar-refractivity contribution >= 4 is 34.9 Å². The van der Waals surface area contributed by atoms with E-state index in [2.05, 4.69) is 15.5 Å². The molecule has 0 radical (unpaired) electrons. The average Bonchev–Trinajstić information content (AvgIpc) is 2.68. The summed E-state index contributed by atoms with van der Waals surface area (Å²) in [4.78, 5) is 29.2. The molecule has 2 aliphatic heterocycles. The smallest absolute Gasteiger partial charge is 0.321 e. The molecular weight excluding hydrogens is 376 g/mol. The second-order valence-corrected chi connectivity index (χ2v) is 7.87. The van der Waals surface area contributed by atoms with Crippen LogP contribution in [0.3, 0.4) is 0 Å². The Bertz CT molecular complexity index is 938. The van der Waals surface area contributed by atoms with Crippen molar-refractivity contribution < 1.29 is 9.59 Å². The molecule has 0 unspecified atom stereocenters. The minimum atomic E-state index is -0.506. The topological polar surface area (TPSA) is 64.7 Å². The number of carbonyl (C=O) groups is 2. The molecule has 0 atom stereocenters. The van der Waals surface area contributed by atoms with E-state index in [-0.39, 0.29) is 11.9 Å². The fraction of sp³-hybridized carbons (Fsp3) is 0.333. The van der Waals surface area contributed by atoms with Gasteiger partial charge in [-0.1, -0.05) is 29.8 Å². The first-order valence-corrected chi connectivity index (χ1v) is 9.75. The first-order valence-electron chi connectivity index (χ1n) is 9.37. The molecule has 0 saturated carbocycles. The van der Waals surface area contributed by atoms with Crippen molar-refractivity contribution in [3.8, 4) is 0 Å². The van der Waals surface area contributed by atoms with E-state index in [0.717, 1.165) is 16.9 Å². The zero-order valence-corrected chi connectivity index (χ0v) is 16.7. The summed E-state index contributed by atoms with van der Waals surface area (Å²) < 4.78 is 0. The number of benzene rings is 2. The summed E-state index contributed by atoms with van der Waals surface area (Å²) >= 11 is 6.15. The van der Waals surface area contributed by atoms with Crippen LogP contribution in [0.1, 0.15) is 28.8 Å². The van der Waals surface area contributed by atoms with Crippen LogP contribution in [0.5, 0.6) is 0 Å². The number of rotatable bonds is 1. The number of aryl methyl sites for hydroxylation is 1. The number of amides is 3. The van der Waals surface area contributed by atoms with Gasteiger partial charge in [0.1, 0.15) is 5.66 Å². The predicted molar refractivity (Wildman–Crippen MR) is 111 cm³/mol. The first-order chi connectivity index (χ1) is 13.4. The lowest BCUT2D eigenvalue weighted by Crippen LogP contribution is -2.67. The summed E-state index contributed by atoms with van der Waals surface area (Å²) in [5, 5.41) is 6.75. The summed E-state index contributed by atoms with van der Waals surface area (Å²) in [5.41, 5.74) is 2.79. The molecule has 7 heteroatoms. The number of halogens is 1. The van der Waals surface area contributed by atoms with Crippen molar-refractivity contribution in [2.24, 2.45) is 0 Å². The lowest BCUT2D eigenvalue weighted by Gasteiger charge is -2.51. The van der Waals surface area contributed by atoms with Gasteiger partial charge in [0.2, 0.25) is 0 Å². The van der Waals surface area contributed by atoms with E-state index in [0.29, 0.717) is 36.5 Å². The number of urea groups is 1. The van der Waals surface area contributed by atoms with Crippen LogP contribution in [-0.4, -0.2) is 42.6 Å². The molecule has 2 aromatic rings. The van der Waals surface area contributed by atoms with Crippen LogP contribution in [0.4, 0.5) is 16.2 Å². The SMILES string of the molecule is Cc1ccccc1NC(=O)N1CCC2(CC1)NC(=O)c1ccc(Cl)cc1N2C. The van der Waals surface area contributed by atoms with Gasteiger partial charge >= 0.3 is 6.03 Å². The van der Waals surface area contributed by atoms with Crippen LogP contribution >= 0.6 is 11.6 Å². The van der Waals surface area contributed by atoms with Gasteiger partial charge in [0.05, 0.1) is 11.3 Å². The molecule has 3 amide bonds. The molecule has 2 aromatic carbocycles. The Morgan fingerprint density at radius 3 is 2.61 bits per heavy atom. The van der Waals surface area contributed by atoms with Crippen LogP contribution < -0.4 is 15.5 Å². The normalized spacial score (nSPS) is 17.9. The number of anilines is 2. The van der Waals surface area contributed by atoms with Crippen molar-refractivity contribution in [1.82, 2.24) is 10.2 Å². The Labute approximate surface area is 169 Å². The highest BCUT2D eigenvalue weighted by molar-refractivity contribution is 6.31. The van der Waals surface area contributed by atoms with Crippen molar-refractivity contribution in [3.63, 3.8) is 0 Å². The molecule has 0 bridgehead atoms. The summed E-state index contributed by atoms with van der Waals surface area (Å²) in [6.07, 6.45) is 1.28. The quantitative estimate of drug-likeness (QED) is 0.766. The molecule has 2 heterocycles. The molecular formula is C21H23ClN4O2. The molecule has 4 rings (SSSR count).